The van der Waals surface area contributed by atoms with Crippen LogP contribution in [0.5, 0.6) is 0 Å². The average molecular weight is 297 g/mol. The smallest absolute Gasteiger partial charge is 0.338 e. The molecule has 4 nitrogen and oxygen atoms in total. The second-order valence-corrected chi connectivity index (χ2v) is 5.07. The number of hydrogen-bond donors (Lipinski definition) is 1. The van der Waals surface area contributed by atoms with Crippen LogP contribution in [0.1, 0.15) is 38.8 Å². The highest BCUT2D eigenvalue weighted by Crippen LogP contribution is 2.16. The normalized spacial score (nSPS) is 10.1. The molecule has 1 amide bonds. The van der Waals surface area contributed by atoms with Gasteiger partial charge in [0.05, 0.1) is 12.2 Å². The standard InChI is InChI=1S/C18H19NO3/c1-4-22-18(21)14-6-5-7-15(11-14)19-17(20)16-10-12(2)8-9-13(16)3/h5-11H,4H2,1-3H3,(H,19,20). The SMILES string of the molecule is CCOC(=O)c1cccc(NC(=O)c2cc(C)ccc2C)c1. The Bertz CT molecular complexity index is 707. The van der Waals surface area contributed by atoms with Crippen molar-refractivity contribution in [3.8, 4) is 0 Å². The Labute approximate surface area is 130 Å². The van der Waals surface area contributed by atoms with Crippen molar-refractivity contribution in [3.05, 3.63) is 64.7 Å². The number of carbonyl (C=O) groups is 2. The van der Waals surface area contributed by atoms with Gasteiger partial charge in [-0.25, -0.2) is 4.79 Å². The lowest BCUT2D eigenvalue weighted by Crippen LogP contribution is -2.14. The summed E-state index contributed by atoms with van der Waals surface area (Å²) in [5, 5.41) is 2.82. The second-order valence-electron chi connectivity index (χ2n) is 5.07. The number of rotatable bonds is 4. The van der Waals surface area contributed by atoms with E-state index in [0.29, 0.717) is 23.4 Å². The zero-order valence-electron chi connectivity index (χ0n) is 13.0. The molecule has 22 heavy (non-hydrogen) atoms. The maximum atomic E-state index is 12.4. The molecule has 0 bridgehead atoms. The van der Waals surface area contributed by atoms with Crippen molar-refractivity contribution in [1.29, 1.82) is 0 Å². The number of esters is 1. The van der Waals surface area contributed by atoms with Crippen LogP contribution in [0.3, 0.4) is 0 Å². The Morgan fingerprint density at radius 3 is 2.59 bits per heavy atom. The summed E-state index contributed by atoms with van der Waals surface area (Å²) in [6.07, 6.45) is 0. The molecule has 0 heterocycles. The van der Waals surface area contributed by atoms with Crippen LogP contribution in [0.2, 0.25) is 0 Å². The first kappa shape index (κ1) is 15.8. The first-order chi connectivity index (χ1) is 10.5. The number of amides is 1. The van der Waals surface area contributed by atoms with Gasteiger partial charge in [-0.3, -0.25) is 4.79 Å². The van der Waals surface area contributed by atoms with Gasteiger partial charge in [0.2, 0.25) is 0 Å². The van der Waals surface area contributed by atoms with Crippen LogP contribution in [-0.2, 0) is 4.74 Å². The van der Waals surface area contributed by atoms with Crippen molar-refractivity contribution < 1.29 is 14.3 Å². The fraction of sp³-hybridized carbons (Fsp3) is 0.222. The minimum atomic E-state index is -0.398. The van der Waals surface area contributed by atoms with Crippen molar-refractivity contribution in [2.24, 2.45) is 0 Å². The quantitative estimate of drug-likeness (QED) is 0.875. The minimum absolute atomic E-state index is 0.192. The Kier molecular flexibility index (Phi) is 4.94. The molecule has 0 aliphatic carbocycles. The summed E-state index contributed by atoms with van der Waals surface area (Å²) >= 11 is 0. The van der Waals surface area contributed by atoms with Crippen molar-refractivity contribution in [2.45, 2.75) is 20.8 Å². The van der Waals surface area contributed by atoms with E-state index in [1.165, 1.54) is 0 Å². The molecular weight excluding hydrogens is 278 g/mol. The molecule has 0 saturated carbocycles. The molecule has 2 aromatic carbocycles. The number of anilines is 1. The third-order valence-electron chi connectivity index (χ3n) is 3.27. The Morgan fingerprint density at radius 2 is 1.86 bits per heavy atom. The zero-order valence-corrected chi connectivity index (χ0v) is 13.0. The third-order valence-corrected chi connectivity index (χ3v) is 3.27. The molecular formula is C18H19NO3. The van der Waals surface area contributed by atoms with Crippen molar-refractivity contribution in [2.75, 3.05) is 11.9 Å². The highest BCUT2D eigenvalue weighted by Gasteiger charge is 2.11. The number of hydrogen-bond acceptors (Lipinski definition) is 3. The van der Waals surface area contributed by atoms with Gasteiger partial charge in [0.25, 0.3) is 5.91 Å². The number of carbonyl (C=O) groups excluding carboxylic acids is 2. The number of ether oxygens (including phenoxy) is 1. The monoisotopic (exact) mass is 297 g/mol. The summed E-state index contributed by atoms with van der Waals surface area (Å²) < 4.78 is 4.96. The van der Waals surface area contributed by atoms with E-state index in [1.807, 2.05) is 32.0 Å². The number of nitrogens with one attached hydrogen (secondary N) is 1. The summed E-state index contributed by atoms with van der Waals surface area (Å²) in [6.45, 7) is 5.91. The maximum Gasteiger partial charge on any atom is 0.338 e. The predicted octanol–water partition coefficient (Wildman–Crippen LogP) is 3.73. The van der Waals surface area contributed by atoms with Crippen molar-refractivity contribution in [1.82, 2.24) is 0 Å². The van der Waals surface area contributed by atoms with Crippen molar-refractivity contribution in [3.63, 3.8) is 0 Å². The molecule has 0 radical (unpaired) electrons. The summed E-state index contributed by atoms with van der Waals surface area (Å²) in [7, 11) is 0. The molecule has 1 N–H and O–H groups in total. The minimum Gasteiger partial charge on any atom is -0.462 e. The fourth-order valence-corrected chi connectivity index (χ4v) is 2.12. The van der Waals surface area contributed by atoms with Crippen LogP contribution >= 0.6 is 0 Å². The highest BCUT2D eigenvalue weighted by atomic mass is 16.5. The predicted molar refractivity (Wildman–Crippen MR) is 86.3 cm³/mol. The first-order valence-electron chi connectivity index (χ1n) is 7.17. The number of aryl methyl sites for hydroxylation is 2. The van der Waals surface area contributed by atoms with Crippen molar-refractivity contribution >= 4 is 17.6 Å². The number of benzene rings is 2. The summed E-state index contributed by atoms with van der Waals surface area (Å²) in [5.74, 6) is -0.590. The van der Waals surface area contributed by atoms with Gasteiger partial charge in [-0.1, -0.05) is 23.8 Å². The van der Waals surface area contributed by atoms with Gasteiger partial charge >= 0.3 is 5.97 Å². The van der Waals surface area contributed by atoms with Crippen LogP contribution in [-0.4, -0.2) is 18.5 Å². The second kappa shape index (κ2) is 6.89. The van der Waals surface area contributed by atoms with Gasteiger partial charge in [-0.05, 0) is 50.6 Å². The highest BCUT2D eigenvalue weighted by molar-refractivity contribution is 6.05. The van der Waals surface area contributed by atoms with E-state index >= 15 is 0 Å². The Morgan fingerprint density at radius 1 is 1.09 bits per heavy atom. The van der Waals surface area contributed by atoms with E-state index in [-0.39, 0.29) is 5.91 Å². The molecule has 0 aliphatic heterocycles. The van der Waals surface area contributed by atoms with Gasteiger partial charge in [0.15, 0.2) is 0 Å². The fourth-order valence-electron chi connectivity index (χ4n) is 2.12. The molecule has 0 atom stereocenters. The topological polar surface area (TPSA) is 55.4 Å². The summed E-state index contributed by atoms with van der Waals surface area (Å²) in [4.78, 5) is 24.1. The van der Waals surface area contributed by atoms with Crippen LogP contribution < -0.4 is 5.32 Å². The average Bonchev–Trinajstić information content (AvgIpc) is 2.50. The van der Waals surface area contributed by atoms with E-state index in [2.05, 4.69) is 5.32 Å². The third kappa shape index (κ3) is 3.73. The van der Waals surface area contributed by atoms with Crippen LogP contribution in [0.4, 0.5) is 5.69 Å². The van der Waals surface area contributed by atoms with Gasteiger partial charge in [-0.2, -0.15) is 0 Å². The first-order valence-corrected chi connectivity index (χ1v) is 7.17. The molecule has 4 heteroatoms. The van der Waals surface area contributed by atoms with Gasteiger partial charge < -0.3 is 10.1 Å². The Balaban J connectivity index is 2.20. The van der Waals surface area contributed by atoms with Crippen LogP contribution in [0.15, 0.2) is 42.5 Å². The Hall–Kier alpha value is -2.62. The maximum absolute atomic E-state index is 12.4. The largest absolute Gasteiger partial charge is 0.462 e. The van der Waals surface area contributed by atoms with Crippen LogP contribution in [0.25, 0.3) is 0 Å². The lowest BCUT2D eigenvalue weighted by atomic mass is 10.0. The summed E-state index contributed by atoms with van der Waals surface area (Å²) in [5.41, 5.74) is 3.54. The molecule has 114 valence electrons. The van der Waals surface area contributed by atoms with E-state index in [9.17, 15) is 9.59 Å². The lowest BCUT2D eigenvalue weighted by molar-refractivity contribution is 0.0526. The van der Waals surface area contributed by atoms with E-state index in [1.54, 1.807) is 31.2 Å². The molecule has 0 saturated heterocycles. The van der Waals surface area contributed by atoms with E-state index in [0.717, 1.165) is 11.1 Å². The van der Waals surface area contributed by atoms with Gasteiger partial charge in [0, 0.05) is 11.3 Å². The molecule has 0 aliphatic rings. The zero-order chi connectivity index (χ0) is 16.1. The van der Waals surface area contributed by atoms with E-state index in [4.69, 9.17) is 4.74 Å². The van der Waals surface area contributed by atoms with Gasteiger partial charge in [-0.15, -0.1) is 0 Å². The summed E-state index contributed by atoms with van der Waals surface area (Å²) in [6, 6.07) is 12.5. The molecule has 0 aromatic heterocycles. The molecule has 2 aromatic rings. The molecule has 0 unspecified atom stereocenters. The molecule has 0 fully saturated rings. The molecule has 2 rings (SSSR count). The van der Waals surface area contributed by atoms with Gasteiger partial charge in [0.1, 0.15) is 0 Å². The molecule has 0 spiro atoms. The van der Waals surface area contributed by atoms with E-state index < -0.39 is 5.97 Å². The lowest BCUT2D eigenvalue weighted by Gasteiger charge is -2.09. The van der Waals surface area contributed by atoms with Crippen LogP contribution in [0, 0.1) is 13.8 Å².